The molecule has 0 atom stereocenters. The van der Waals surface area contributed by atoms with E-state index < -0.39 is 0 Å². The minimum Gasteiger partial charge on any atom is -0.339 e. The summed E-state index contributed by atoms with van der Waals surface area (Å²) < 4.78 is 1.66. The third kappa shape index (κ3) is 3.77. The van der Waals surface area contributed by atoms with E-state index in [0.717, 1.165) is 31.2 Å². The van der Waals surface area contributed by atoms with Gasteiger partial charge in [0.2, 0.25) is 5.69 Å². The summed E-state index contributed by atoms with van der Waals surface area (Å²) in [7, 11) is 5.12. The van der Waals surface area contributed by atoms with Gasteiger partial charge in [-0.25, -0.2) is 0 Å². The molecule has 0 radical (unpaired) electrons. The fourth-order valence-electron chi connectivity index (χ4n) is 3.04. The van der Waals surface area contributed by atoms with Crippen molar-refractivity contribution in [1.29, 1.82) is 0 Å². The van der Waals surface area contributed by atoms with Gasteiger partial charge < -0.3 is 4.90 Å². The number of rotatable bonds is 5. The second-order valence-corrected chi connectivity index (χ2v) is 6.21. The van der Waals surface area contributed by atoms with Crippen LogP contribution in [0.4, 0.5) is 0 Å². The van der Waals surface area contributed by atoms with Crippen LogP contribution in [0.3, 0.4) is 0 Å². The summed E-state index contributed by atoms with van der Waals surface area (Å²) in [5.74, 6) is 0.820. The van der Waals surface area contributed by atoms with Crippen LogP contribution in [0.5, 0.6) is 0 Å². The first kappa shape index (κ1) is 16.7. The molecule has 0 aromatic carbocycles. The predicted octanol–water partition coefficient (Wildman–Crippen LogP) is 1.36. The zero-order valence-corrected chi connectivity index (χ0v) is 14.2. The molecule has 0 saturated carbocycles. The van der Waals surface area contributed by atoms with Crippen LogP contribution in [-0.2, 0) is 6.54 Å². The lowest BCUT2D eigenvalue weighted by molar-refractivity contribution is -0.892. The molecule has 5 nitrogen and oxygen atoms in total. The Balaban J connectivity index is 2.14. The second kappa shape index (κ2) is 7.58. The van der Waals surface area contributed by atoms with Crippen molar-refractivity contribution in [3.63, 3.8) is 0 Å². The minimum absolute atomic E-state index is 0.0478. The Hall–Kier alpha value is -1.62. The maximum absolute atomic E-state index is 12.3. The van der Waals surface area contributed by atoms with Gasteiger partial charge in [-0.1, -0.05) is 13.3 Å². The van der Waals surface area contributed by atoms with E-state index in [0.29, 0.717) is 5.69 Å². The maximum atomic E-state index is 12.3. The van der Waals surface area contributed by atoms with E-state index >= 15 is 0 Å². The van der Waals surface area contributed by atoms with Crippen molar-refractivity contribution >= 4 is 5.91 Å². The van der Waals surface area contributed by atoms with Crippen molar-refractivity contribution in [3.05, 3.63) is 29.6 Å². The first-order valence-corrected chi connectivity index (χ1v) is 8.09. The van der Waals surface area contributed by atoms with Gasteiger partial charge in [-0.3, -0.25) is 14.5 Å². The third-order valence-corrected chi connectivity index (χ3v) is 4.50. The Morgan fingerprint density at radius 1 is 1.36 bits per heavy atom. The summed E-state index contributed by atoms with van der Waals surface area (Å²) in [4.78, 5) is 21.8. The molecule has 0 unspecified atom stereocenters. The molecule has 0 spiro atoms. The first-order chi connectivity index (χ1) is 10.6. The fourth-order valence-corrected chi connectivity index (χ4v) is 3.04. The Morgan fingerprint density at radius 3 is 2.59 bits per heavy atom. The topological polar surface area (TPSA) is 36.7 Å². The molecule has 0 aliphatic carbocycles. The number of hydrogen-bond acceptors (Lipinski definition) is 3. The molecule has 5 heteroatoms. The molecule has 1 saturated heterocycles. The van der Waals surface area contributed by atoms with Crippen molar-refractivity contribution in [2.45, 2.75) is 32.7 Å². The van der Waals surface area contributed by atoms with E-state index in [4.69, 9.17) is 4.84 Å². The van der Waals surface area contributed by atoms with Gasteiger partial charge in [0.15, 0.2) is 0 Å². The number of aromatic nitrogens is 1. The summed E-state index contributed by atoms with van der Waals surface area (Å²) in [6.45, 7) is 5.33. The standard InChI is InChI=1S/C17H28N3O2/c1-5-14-9-11-19(12-10-14)13-15-7-6-8-16(20(15)22-4)17(21)18(2)3/h6-8,14H,5,9-13H2,1-4H3/q+1. The van der Waals surface area contributed by atoms with Crippen molar-refractivity contribution in [2.75, 3.05) is 34.3 Å². The average molecular weight is 306 g/mol. The molecule has 1 aromatic rings. The molecule has 0 bridgehead atoms. The number of amides is 1. The summed E-state index contributed by atoms with van der Waals surface area (Å²) in [6.07, 6.45) is 3.80. The molecule has 2 heterocycles. The first-order valence-electron chi connectivity index (χ1n) is 8.09. The molecule has 0 N–H and O–H groups in total. The molecule has 2 rings (SSSR count). The zero-order valence-electron chi connectivity index (χ0n) is 14.2. The van der Waals surface area contributed by atoms with E-state index in [9.17, 15) is 4.79 Å². The van der Waals surface area contributed by atoms with Gasteiger partial charge in [0, 0.05) is 31.0 Å². The van der Waals surface area contributed by atoms with Crippen LogP contribution >= 0.6 is 0 Å². The highest BCUT2D eigenvalue weighted by atomic mass is 16.6. The number of piperidine rings is 1. The molecular formula is C17H28N3O2+. The smallest absolute Gasteiger partial charge is 0.323 e. The molecular weight excluding hydrogens is 278 g/mol. The van der Waals surface area contributed by atoms with E-state index in [1.807, 2.05) is 12.1 Å². The highest BCUT2D eigenvalue weighted by molar-refractivity contribution is 5.90. The van der Waals surface area contributed by atoms with Crippen molar-refractivity contribution in [1.82, 2.24) is 9.80 Å². The van der Waals surface area contributed by atoms with Crippen molar-refractivity contribution in [3.8, 4) is 0 Å². The normalized spacial score (nSPS) is 16.5. The van der Waals surface area contributed by atoms with Crippen LogP contribution in [-0.4, -0.2) is 50.0 Å². The number of hydrogen-bond donors (Lipinski definition) is 0. The molecule has 1 aliphatic heterocycles. The molecule has 1 amide bonds. The number of likely N-dealkylation sites (tertiary alicyclic amines) is 1. The van der Waals surface area contributed by atoms with Crippen LogP contribution in [0.15, 0.2) is 18.2 Å². The van der Waals surface area contributed by atoms with E-state index in [2.05, 4.69) is 11.8 Å². The molecule has 22 heavy (non-hydrogen) atoms. The monoisotopic (exact) mass is 306 g/mol. The van der Waals surface area contributed by atoms with Crippen molar-refractivity contribution < 1.29 is 14.4 Å². The Morgan fingerprint density at radius 2 is 2.05 bits per heavy atom. The van der Waals surface area contributed by atoms with Gasteiger partial charge >= 0.3 is 11.6 Å². The Labute approximate surface area is 133 Å². The summed E-state index contributed by atoms with van der Waals surface area (Å²) in [5.41, 5.74) is 1.58. The lowest BCUT2D eigenvalue weighted by atomic mass is 9.94. The molecule has 1 aromatic heterocycles. The fraction of sp³-hybridized carbons (Fsp3) is 0.647. The Bertz CT molecular complexity index is 509. The minimum atomic E-state index is -0.0478. The predicted molar refractivity (Wildman–Crippen MR) is 85.5 cm³/mol. The van der Waals surface area contributed by atoms with Gasteiger partial charge in [0.25, 0.3) is 0 Å². The maximum Gasteiger partial charge on any atom is 0.323 e. The van der Waals surface area contributed by atoms with Gasteiger partial charge in [0.1, 0.15) is 7.11 Å². The van der Waals surface area contributed by atoms with Gasteiger partial charge in [-0.15, -0.1) is 0 Å². The molecule has 1 aliphatic rings. The Kier molecular flexibility index (Phi) is 5.77. The summed E-state index contributed by atoms with van der Waals surface area (Å²) in [5, 5.41) is 0. The van der Waals surface area contributed by atoms with E-state index in [-0.39, 0.29) is 5.91 Å². The second-order valence-electron chi connectivity index (χ2n) is 6.21. The summed E-state index contributed by atoms with van der Waals surface area (Å²) >= 11 is 0. The van der Waals surface area contributed by atoms with Crippen LogP contribution in [0.2, 0.25) is 0 Å². The largest absolute Gasteiger partial charge is 0.339 e. The van der Waals surface area contributed by atoms with Crippen molar-refractivity contribution in [2.24, 2.45) is 5.92 Å². The van der Waals surface area contributed by atoms with Gasteiger partial charge in [-0.05, 0) is 37.9 Å². The van der Waals surface area contributed by atoms with Gasteiger partial charge in [-0.2, -0.15) is 0 Å². The lowest BCUT2D eigenvalue weighted by Gasteiger charge is -2.30. The highest BCUT2D eigenvalue weighted by Gasteiger charge is 2.28. The van der Waals surface area contributed by atoms with E-state index in [1.54, 1.807) is 36.9 Å². The van der Waals surface area contributed by atoms with Crippen LogP contribution in [0, 0.1) is 5.92 Å². The molecule has 1 fully saturated rings. The number of carbonyl (C=O) groups excluding carboxylic acids is 1. The third-order valence-electron chi connectivity index (χ3n) is 4.50. The average Bonchev–Trinajstić information content (AvgIpc) is 2.54. The molecule has 122 valence electrons. The highest BCUT2D eigenvalue weighted by Crippen LogP contribution is 2.20. The van der Waals surface area contributed by atoms with Crippen LogP contribution in [0.25, 0.3) is 0 Å². The number of nitrogens with zero attached hydrogens (tertiary/aromatic N) is 3. The zero-order chi connectivity index (χ0) is 16.1. The number of pyridine rings is 1. The SMILES string of the molecule is CCC1CCN(Cc2cccc(C(=O)N(C)C)[n+]2OC)CC1. The van der Waals surface area contributed by atoms with Crippen LogP contribution in [0.1, 0.15) is 42.4 Å². The quantitative estimate of drug-likeness (QED) is 0.771. The van der Waals surface area contributed by atoms with Crippen LogP contribution < -0.4 is 9.57 Å². The van der Waals surface area contributed by atoms with Gasteiger partial charge in [0.05, 0.1) is 6.54 Å². The van der Waals surface area contributed by atoms with E-state index in [1.165, 1.54) is 19.3 Å². The summed E-state index contributed by atoms with van der Waals surface area (Å²) in [6, 6.07) is 5.76. The lowest BCUT2D eigenvalue weighted by Crippen LogP contribution is -2.52. The number of carbonyl (C=O) groups is 1.